The topological polar surface area (TPSA) is 37.3 Å². The van der Waals surface area contributed by atoms with Crippen molar-refractivity contribution in [3.63, 3.8) is 0 Å². The van der Waals surface area contributed by atoms with Crippen LogP contribution >= 0.6 is 0 Å². The lowest BCUT2D eigenvalue weighted by Gasteiger charge is -2.58. The van der Waals surface area contributed by atoms with Gasteiger partial charge in [-0.25, -0.2) is 0 Å². The number of terminal acetylenes is 1. The van der Waals surface area contributed by atoms with E-state index in [4.69, 9.17) is 6.42 Å². The zero-order valence-corrected chi connectivity index (χ0v) is 15.1. The van der Waals surface area contributed by atoms with Gasteiger partial charge in [-0.3, -0.25) is 4.79 Å². The van der Waals surface area contributed by atoms with E-state index in [-0.39, 0.29) is 5.41 Å². The van der Waals surface area contributed by atoms with Gasteiger partial charge in [-0.2, -0.15) is 0 Å². The minimum absolute atomic E-state index is 0.130. The van der Waals surface area contributed by atoms with E-state index in [2.05, 4.69) is 19.8 Å². The molecule has 3 saturated carbocycles. The molecule has 0 aromatic carbocycles. The third-order valence-corrected chi connectivity index (χ3v) is 8.34. The lowest BCUT2D eigenvalue weighted by Crippen LogP contribution is -2.55. The number of aliphatic hydroxyl groups is 1. The first kappa shape index (κ1) is 16.4. The molecule has 7 atom stereocenters. The highest BCUT2D eigenvalue weighted by Gasteiger charge is 2.63. The number of ketones is 1. The van der Waals surface area contributed by atoms with E-state index in [9.17, 15) is 9.90 Å². The minimum atomic E-state index is -0.922. The van der Waals surface area contributed by atoms with Crippen LogP contribution in [0.2, 0.25) is 0 Å². The molecule has 0 aliphatic heterocycles. The van der Waals surface area contributed by atoms with Gasteiger partial charge in [0.2, 0.25) is 0 Å². The molecule has 0 amide bonds. The summed E-state index contributed by atoms with van der Waals surface area (Å²) in [7, 11) is 0. The molecule has 0 spiro atoms. The first-order chi connectivity index (χ1) is 11.4. The van der Waals surface area contributed by atoms with Gasteiger partial charge in [-0.1, -0.05) is 31.8 Å². The Bertz CT molecular complexity index is 626. The number of hydrogen-bond acceptors (Lipinski definition) is 2. The van der Waals surface area contributed by atoms with Gasteiger partial charge in [0.05, 0.1) is 0 Å². The third kappa shape index (κ3) is 2.03. The van der Waals surface area contributed by atoms with Gasteiger partial charge in [-0.15, -0.1) is 6.42 Å². The van der Waals surface area contributed by atoms with Gasteiger partial charge in [0, 0.05) is 11.8 Å². The fraction of sp³-hybridized carbons (Fsp3) is 0.773. The molecule has 130 valence electrons. The summed E-state index contributed by atoms with van der Waals surface area (Å²) >= 11 is 0. The molecule has 2 heteroatoms. The molecular formula is C22H30O2. The van der Waals surface area contributed by atoms with Crippen LogP contribution in [0.15, 0.2) is 11.6 Å². The van der Waals surface area contributed by atoms with Crippen molar-refractivity contribution in [1.29, 1.82) is 0 Å². The first-order valence-electron chi connectivity index (χ1n) is 9.87. The van der Waals surface area contributed by atoms with Gasteiger partial charge in [-0.05, 0) is 74.2 Å². The molecule has 3 fully saturated rings. The van der Waals surface area contributed by atoms with E-state index in [1.807, 2.05) is 6.08 Å². The number of carbonyl (C=O) groups is 1. The lowest BCUT2D eigenvalue weighted by molar-refractivity contribution is -0.120. The fourth-order valence-electron chi connectivity index (χ4n) is 7.15. The van der Waals surface area contributed by atoms with Crippen LogP contribution in [0.1, 0.15) is 65.2 Å². The van der Waals surface area contributed by atoms with Crippen molar-refractivity contribution < 1.29 is 9.90 Å². The summed E-state index contributed by atoms with van der Waals surface area (Å²) in [6.07, 6.45) is 15.8. The molecule has 4 aliphatic carbocycles. The Balaban J connectivity index is 1.73. The van der Waals surface area contributed by atoms with Crippen LogP contribution in [0, 0.1) is 47.3 Å². The monoisotopic (exact) mass is 326 g/mol. The van der Waals surface area contributed by atoms with E-state index in [0.29, 0.717) is 35.4 Å². The van der Waals surface area contributed by atoms with Crippen LogP contribution in [-0.2, 0) is 4.79 Å². The van der Waals surface area contributed by atoms with Crippen molar-refractivity contribution in [2.75, 3.05) is 0 Å². The second kappa shape index (κ2) is 5.46. The smallest absolute Gasteiger partial charge is 0.155 e. The Morgan fingerprint density at radius 3 is 2.83 bits per heavy atom. The average Bonchev–Trinajstić information content (AvgIpc) is 2.85. The highest BCUT2D eigenvalue weighted by atomic mass is 16.3. The molecular weight excluding hydrogens is 296 g/mol. The highest BCUT2D eigenvalue weighted by molar-refractivity contribution is 5.91. The van der Waals surface area contributed by atoms with Gasteiger partial charge >= 0.3 is 0 Å². The quantitative estimate of drug-likeness (QED) is 0.736. The molecule has 0 heterocycles. The van der Waals surface area contributed by atoms with Gasteiger partial charge < -0.3 is 5.11 Å². The van der Waals surface area contributed by atoms with E-state index in [0.717, 1.165) is 44.9 Å². The Hall–Kier alpha value is -1.07. The van der Waals surface area contributed by atoms with Crippen LogP contribution < -0.4 is 0 Å². The summed E-state index contributed by atoms with van der Waals surface area (Å²) in [6, 6.07) is 0. The molecule has 24 heavy (non-hydrogen) atoms. The molecule has 5 unspecified atom stereocenters. The average molecular weight is 326 g/mol. The van der Waals surface area contributed by atoms with Gasteiger partial charge in [0.25, 0.3) is 0 Å². The molecule has 0 saturated heterocycles. The Kier molecular flexibility index (Phi) is 3.73. The summed E-state index contributed by atoms with van der Waals surface area (Å²) in [5.74, 6) is 6.25. The summed E-state index contributed by atoms with van der Waals surface area (Å²) in [5, 5.41) is 11.1. The van der Waals surface area contributed by atoms with Crippen LogP contribution in [0.5, 0.6) is 0 Å². The zero-order chi connectivity index (χ0) is 17.1. The molecule has 2 nitrogen and oxygen atoms in total. The van der Waals surface area contributed by atoms with Crippen LogP contribution in [0.25, 0.3) is 0 Å². The van der Waals surface area contributed by atoms with E-state index in [1.54, 1.807) is 0 Å². The maximum atomic E-state index is 11.9. The standard InChI is InChI=1S/C22H30O2/c1-4-14-13-21(3)19(10-11-22(21,24)5-2)18-8-6-15-12-16(23)7-9-17(15)20(14)18/h2,12,14,17-20,24H,4,6-11,13H2,1,3H3/t14?,17?,18?,19?,20?,21-,22-/m0/s1. The molecule has 0 bridgehead atoms. The number of fused-ring (bicyclic) bond motifs is 5. The van der Waals surface area contributed by atoms with Crippen LogP contribution in [-0.4, -0.2) is 16.5 Å². The predicted molar refractivity (Wildman–Crippen MR) is 95.0 cm³/mol. The number of rotatable bonds is 1. The van der Waals surface area contributed by atoms with E-state index < -0.39 is 5.60 Å². The zero-order valence-electron chi connectivity index (χ0n) is 15.1. The van der Waals surface area contributed by atoms with Crippen molar-refractivity contribution in [1.82, 2.24) is 0 Å². The summed E-state index contributed by atoms with van der Waals surface area (Å²) in [4.78, 5) is 11.9. The van der Waals surface area contributed by atoms with Crippen molar-refractivity contribution in [2.45, 2.75) is 70.8 Å². The van der Waals surface area contributed by atoms with Crippen LogP contribution in [0.3, 0.4) is 0 Å². The first-order valence-corrected chi connectivity index (χ1v) is 9.87. The number of carbonyl (C=O) groups excluding carboxylic acids is 1. The van der Waals surface area contributed by atoms with Crippen molar-refractivity contribution in [3.05, 3.63) is 11.6 Å². The van der Waals surface area contributed by atoms with Crippen molar-refractivity contribution in [2.24, 2.45) is 35.0 Å². The minimum Gasteiger partial charge on any atom is -0.377 e. The third-order valence-electron chi connectivity index (χ3n) is 8.34. The largest absolute Gasteiger partial charge is 0.377 e. The molecule has 0 aromatic rings. The predicted octanol–water partition coefficient (Wildman–Crippen LogP) is 4.13. The molecule has 1 N–H and O–H groups in total. The SMILES string of the molecule is C#C[C@]1(O)CCC2C3CCC4=CC(=O)CCC4C3C(CC)C[C@@]21C. The van der Waals surface area contributed by atoms with Gasteiger partial charge in [0.1, 0.15) is 5.60 Å². The van der Waals surface area contributed by atoms with E-state index >= 15 is 0 Å². The Labute approximate surface area is 146 Å². The maximum absolute atomic E-state index is 11.9. The van der Waals surface area contributed by atoms with Gasteiger partial charge in [0.15, 0.2) is 5.78 Å². The fourth-order valence-corrected chi connectivity index (χ4v) is 7.15. The second-order valence-corrected chi connectivity index (χ2v) is 9.05. The Morgan fingerprint density at radius 1 is 1.33 bits per heavy atom. The molecule has 0 aromatic heterocycles. The Morgan fingerprint density at radius 2 is 2.12 bits per heavy atom. The molecule has 4 rings (SSSR count). The molecule has 4 aliphatic rings. The maximum Gasteiger partial charge on any atom is 0.155 e. The normalized spacial score (nSPS) is 50.3. The second-order valence-electron chi connectivity index (χ2n) is 9.05. The van der Waals surface area contributed by atoms with Crippen molar-refractivity contribution >= 4 is 5.78 Å². The summed E-state index contributed by atoms with van der Waals surface area (Å²) in [5.41, 5.74) is 0.379. The van der Waals surface area contributed by atoms with E-state index in [1.165, 1.54) is 12.0 Å². The van der Waals surface area contributed by atoms with Crippen LogP contribution in [0.4, 0.5) is 0 Å². The molecule has 0 radical (unpaired) electrons. The number of allylic oxidation sites excluding steroid dienone is 1. The summed E-state index contributed by atoms with van der Waals surface area (Å²) < 4.78 is 0. The summed E-state index contributed by atoms with van der Waals surface area (Å²) in [6.45, 7) is 4.56. The highest BCUT2D eigenvalue weighted by Crippen LogP contribution is 2.66. The number of hydrogen-bond donors (Lipinski definition) is 1. The lowest BCUT2D eigenvalue weighted by atomic mass is 9.47. The van der Waals surface area contributed by atoms with Crippen molar-refractivity contribution in [3.8, 4) is 12.3 Å².